The molecule has 8 heteroatoms. The van der Waals surface area contributed by atoms with E-state index < -0.39 is 5.60 Å². The molecular formula is C17H25ClN4O3. The molecule has 0 aromatic carbocycles. The maximum Gasteiger partial charge on any atom is 0.410 e. The van der Waals surface area contributed by atoms with Crippen molar-refractivity contribution in [3.63, 3.8) is 0 Å². The summed E-state index contributed by atoms with van der Waals surface area (Å²) in [4.78, 5) is 25.1. The number of halogens is 1. The van der Waals surface area contributed by atoms with Crippen LogP contribution in [0.25, 0.3) is 0 Å². The largest absolute Gasteiger partial charge is 0.444 e. The van der Waals surface area contributed by atoms with E-state index in [4.69, 9.17) is 21.1 Å². The van der Waals surface area contributed by atoms with E-state index in [1.54, 1.807) is 4.90 Å². The summed E-state index contributed by atoms with van der Waals surface area (Å²) in [6.45, 7) is 10.8. The molecule has 3 heterocycles. The quantitative estimate of drug-likeness (QED) is 0.710. The summed E-state index contributed by atoms with van der Waals surface area (Å²) in [7, 11) is 0. The Kier molecular flexibility index (Phi) is 5.06. The molecule has 2 aliphatic heterocycles. The molecule has 1 atom stereocenters. The molecule has 0 saturated carbocycles. The van der Waals surface area contributed by atoms with Crippen LogP contribution in [0.3, 0.4) is 0 Å². The molecular weight excluding hydrogens is 344 g/mol. The lowest BCUT2D eigenvalue weighted by Gasteiger charge is -2.37. The first-order chi connectivity index (χ1) is 11.7. The Morgan fingerprint density at radius 2 is 2.08 bits per heavy atom. The minimum Gasteiger partial charge on any atom is -0.444 e. The first kappa shape index (κ1) is 18.2. The van der Waals surface area contributed by atoms with E-state index in [-0.39, 0.29) is 17.4 Å². The van der Waals surface area contributed by atoms with Crippen molar-refractivity contribution in [2.24, 2.45) is 0 Å². The summed E-state index contributed by atoms with van der Waals surface area (Å²) >= 11 is 6.17. The summed E-state index contributed by atoms with van der Waals surface area (Å²) in [6, 6.07) is 0.229. The number of hydrogen-bond donors (Lipinski definition) is 0. The minimum atomic E-state index is -0.519. The van der Waals surface area contributed by atoms with Gasteiger partial charge in [0.25, 0.3) is 0 Å². The number of amides is 1. The van der Waals surface area contributed by atoms with Gasteiger partial charge in [0, 0.05) is 18.7 Å². The van der Waals surface area contributed by atoms with Crippen molar-refractivity contribution in [3.05, 3.63) is 16.5 Å². The smallest absolute Gasteiger partial charge is 0.410 e. The summed E-state index contributed by atoms with van der Waals surface area (Å²) in [5, 5.41) is 0.207. The standard InChI is InChI=1S/C17H25ClN4O3/c1-11-10-24-8-7-22(11)14-12-5-6-21(16(23)25-17(2,3)4)9-13(12)19-15(18)20-14/h11H,5-10H2,1-4H3/t11-/m0/s1. The molecule has 1 aromatic rings. The van der Waals surface area contributed by atoms with Crippen molar-refractivity contribution >= 4 is 23.5 Å². The lowest BCUT2D eigenvalue weighted by molar-refractivity contribution is 0.0220. The number of fused-ring (bicyclic) bond motifs is 1. The van der Waals surface area contributed by atoms with E-state index in [9.17, 15) is 4.79 Å². The highest BCUT2D eigenvalue weighted by molar-refractivity contribution is 6.28. The monoisotopic (exact) mass is 368 g/mol. The Labute approximate surface area is 153 Å². The van der Waals surface area contributed by atoms with E-state index in [1.165, 1.54) is 0 Å². The molecule has 0 bridgehead atoms. The number of nitrogens with zero attached hydrogens (tertiary/aromatic N) is 4. The molecule has 1 saturated heterocycles. The molecule has 2 aliphatic rings. The molecule has 25 heavy (non-hydrogen) atoms. The number of carbonyl (C=O) groups excluding carboxylic acids is 1. The average molecular weight is 369 g/mol. The molecule has 7 nitrogen and oxygen atoms in total. The Morgan fingerprint density at radius 3 is 2.76 bits per heavy atom. The van der Waals surface area contributed by atoms with Gasteiger partial charge in [0.1, 0.15) is 11.4 Å². The lowest BCUT2D eigenvalue weighted by Crippen LogP contribution is -2.46. The maximum absolute atomic E-state index is 12.3. The molecule has 3 rings (SSSR count). The third kappa shape index (κ3) is 4.15. The highest BCUT2D eigenvalue weighted by Gasteiger charge is 2.31. The Hall–Kier alpha value is -1.60. The summed E-state index contributed by atoms with van der Waals surface area (Å²) in [5.41, 5.74) is 1.35. The van der Waals surface area contributed by atoms with Crippen molar-refractivity contribution in [1.82, 2.24) is 14.9 Å². The van der Waals surface area contributed by atoms with E-state index >= 15 is 0 Å². The van der Waals surface area contributed by atoms with Gasteiger partial charge in [0.05, 0.1) is 31.5 Å². The molecule has 1 aromatic heterocycles. The van der Waals surface area contributed by atoms with Gasteiger partial charge in [0.15, 0.2) is 0 Å². The number of morpholine rings is 1. The Bertz CT molecular complexity index is 662. The van der Waals surface area contributed by atoms with Gasteiger partial charge in [-0.2, -0.15) is 0 Å². The van der Waals surface area contributed by atoms with Crippen molar-refractivity contribution in [2.45, 2.75) is 52.3 Å². The fraction of sp³-hybridized carbons (Fsp3) is 0.706. The molecule has 0 spiro atoms. The first-order valence-electron chi connectivity index (χ1n) is 8.62. The van der Waals surface area contributed by atoms with Crippen molar-refractivity contribution in [3.8, 4) is 0 Å². The zero-order valence-electron chi connectivity index (χ0n) is 15.2. The molecule has 0 radical (unpaired) electrons. The van der Waals surface area contributed by atoms with E-state index in [0.29, 0.717) is 32.7 Å². The fourth-order valence-electron chi connectivity index (χ4n) is 3.14. The summed E-state index contributed by atoms with van der Waals surface area (Å²) < 4.78 is 11.0. The second-order valence-electron chi connectivity index (χ2n) is 7.51. The van der Waals surface area contributed by atoms with Crippen LogP contribution in [0, 0.1) is 0 Å². The van der Waals surface area contributed by atoms with Crippen LogP contribution in [0.5, 0.6) is 0 Å². The topological polar surface area (TPSA) is 67.8 Å². The zero-order valence-corrected chi connectivity index (χ0v) is 16.0. The number of hydrogen-bond acceptors (Lipinski definition) is 6. The van der Waals surface area contributed by atoms with Crippen LogP contribution in [-0.2, 0) is 22.4 Å². The second-order valence-corrected chi connectivity index (χ2v) is 7.85. The maximum atomic E-state index is 12.3. The summed E-state index contributed by atoms with van der Waals surface area (Å²) in [5.74, 6) is 0.870. The number of carbonyl (C=O) groups is 1. The van der Waals surface area contributed by atoms with Gasteiger partial charge < -0.3 is 19.3 Å². The van der Waals surface area contributed by atoms with Crippen LogP contribution < -0.4 is 4.90 Å². The van der Waals surface area contributed by atoms with Crippen molar-refractivity contribution < 1.29 is 14.3 Å². The fourth-order valence-corrected chi connectivity index (χ4v) is 3.33. The first-order valence-corrected chi connectivity index (χ1v) is 9.00. The Morgan fingerprint density at radius 1 is 1.32 bits per heavy atom. The van der Waals surface area contributed by atoms with E-state index in [0.717, 1.165) is 23.6 Å². The predicted octanol–water partition coefficient (Wildman–Crippen LogP) is 2.65. The molecule has 0 unspecified atom stereocenters. The molecule has 0 aliphatic carbocycles. The SMILES string of the molecule is C[C@H]1COCCN1c1nc(Cl)nc2c1CCN(C(=O)OC(C)(C)C)C2. The van der Waals surface area contributed by atoms with E-state index in [1.807, 2.05) is 20.8 Å². The normalized spacial score (nSPS) is 21.1. The van der Waals surface area contributed by atoms with Gasteiger partial charge in [-0.25, -0.2) is 14.8 Å². The highest BCUT2D eigenvalue weighted by atomic mass is 35.5. The van der Waals surface area contributed by atoms with Gasteiger partial charge >= 0.3 is 6.09 Å². The average Bonchev–Trinajstić information content (AvgIpc) is 2.52. The number of anilines is 1. The number of rotatable bonds is 1. The minimum absolute atomic E-state index is 0.207. The molecule has 1 fully saturated rings. The number of aromatic nitrogens is 2. The van der Waals surface area contributed by atoms with Gasteiger partial charge in [-0.1, -0.05) is 0 Å². The Balaban J connectivity index is 1.85. The van der Waals surface area contributed by atoms with Crippen molar-refractivity contribution in [2.75, 3.05) is 31.2 Å². The lowest BCUT2D eigenvalue weighted by atomic mass is 10.0. The van der Waals surface area contributed by atoms with Crippen LogP contribution in [0.1, 0.15) is 39.0 Å². The molecule has 138 valence electrons. The molecule has 1 amide bonds. The van der Waals surface area contributed by atoms with Gasteiger partial charge in [-0.05, 0) is 45.7 Å². The van der Waals surface area contributed by atoms with Crippen LogP contribution in [0.4, 0.5) is 10.6 Å². The van der Waals surface area contributed by atoms with Crippen LogP contribution in [-0.4, -0.2) is 58.9 Å². The third-order valence-corrected chi connectivity index (χ3v) is 4.48. The summed E-state index contributed by atoms with van der Waals surface area (Å²) in [6.07, 6.45) is 0.361. The second kappa shape index (κ2) is 6.96. The third-order valence-electron chi connectivity index (χ3n) is 4.31. The zero-order chi connectivity index (χ0) is 18.2. The number of ether oxygens (including phenoxy) is 2. The van der Waals surface area contributed by atoms with Crippen molar-refractivity contribution in [1.29, 1.82) is 0 Å². The predicted molar refractivity (Wildman–Crippen MR) is 95.0 cm³/mol. The van der Waals surface area contributed by atoms with E-state index in [2.05, 4.69) is 21.8 Å². The van der Waals surface area contributed by atoms with Gasteiger partial charge in [-0.3, -0.25) is 0 Å². The van der Waals surface area contributed by atoms with Crippen LogP contribution in [0.2, 0.25) is 5.28 Å². The van der Waals surface area contributed by atoms with Crippen LogP contribution >= 0.6 is 11.6 Å². The highest BCUT2D eigenvalue weighted by Crippen LogP contribution is 2.30. The van der Waals surface area contributed by atoms with Gasteiger partial charge in [-0.15, -0.1) is 0 Å². The molecule has 0 N–H and O–H groups in total. The van der Waals surface area contributed by atoms with Crippen LogP contribution in [0.15, 0.2) is 0 Å². The van der Waals surface area contributed by atoms with Gasteiger partial charge in [0.2, 0.25) is 5.28 Å².